The molecule has 0 atom stereocenters. The van der Waals surface area contributed by atoms with Crippen LogP contribution < -0.4 is 10.1 Å². The molecule has 0 spiro atoms. The number of piperidine rings is 1. The molecule has 1 aromatic rings. The highest BCUT2D eigenvalue weighted by molar-refractivity contribution is 5.97. The van der Waals surface area contributed by atoms with Crippen LogP contribution in [-0.4, -0.2) is 49.3 Å². The van der Waals surface area contributed by atoms with Gasteiger partial charge in [-0.3, -0.25) is 9.69 Å². The summed E-state index contributed by atoms with van der Waals surface area (Å²) in [6.07, 6.45) is 5.37. The van der Waals surface area contributed by atoms with Gasteiger partial charge in [0.25, 0.3) is 5.91 Å². The van der Waals surface area contributed by atoms with Crippen LogP contribution in [0, 0.1) is 11.8 Å². The third-order valence-corrected chi connectivity index (χ3v) is 5.55. The van der Waals surface area contributed by atoms with E-state index < -0.39 is 5.60 Å². The lowest BCUT2D eigenvalue weighted by Crippen LogP contribution is -2.47. The van der Waals surface area contributed by atoms with Crippen LogP contribution in [0.2, 0.25) is 0 Å². The number of benzene rings is 1. The van der Waals surface area contributed by atoms with E-state index in [0.29, 0.717) is 37.9 Å². The molecule has 5 heteroatoms. The maximum atomic E-state index is 13.3. The molecule has 0 unspecified atom stereocenters. The van der Waals surface area contributed by atoms with Gasteiger partial charge in [-0.1, -0.05) is 34.1 Å². The summed E-state index contributed by atoms with van der Waals surface area (Å²) in [7, 11) is 0. The predicted octanol–water partition coefficient (Wildman–Crippen LogP) is 5.36. The van der Waals surface area contributed by atoms with Crippen molar-refractivity contribution in [2.75, 3.05) is 38.2 Å². The Bertz CT molecular complexity index is 612. The van der Waals surface area contributed by atoms with Gasteiger partial charge in [0.1, 0.15) is 18.0 Å². The molecule has 1 heterocycles. The van der Waals surface area contributed by atoms with E-state index in [0.717, 1.165) is 18.0 Å². The zero-order valence-electron chi connectivity index (χ0n) is 19.7. The molecule has 1 fully saturated rings. The molecule has 1 aliphatic heterocycles. The second-order valence-corrected chi connectivity index (χ2v) is 9.35. The van der Waals surface area contributed by atoms with Crippen molar-refractivity contribution in [3.8, 4) is 5.75 Å². The van der Waals surface area contributed by atoms with Gasteiger partial charge in [0.05, 0.1) is 0 Å². The summed E-state index contributed by atoms with van der Waals surface area (Å²) in [6.45, 7) is 15.1. The van der Waals surface area contributed by atoms with Gasteiger partial charge in [0, 0.05) is 18.8 Å². The standard InChI is InChI=1S/C25H42N2O3/c1-6-30-25(18-20(2)3,19-21(4)5)24(28)26-22-10-12-23(13-11-22)29-17-16-27-14-8-7-9-15-27/h10-13,20-21H,6-9,14-19H2,1-5H3,(H,26,28). The lowest BCUT2D eigenvalue weighted by Gasteiger charge is -2.35. The van der Waals surface area contributed by atoms with E-state index in [-0.39, 0.29) is 5.91 Å². The van der Waals surface area contributed by atoms with Crippen LogP contribution in [-0.2, 0) is 9.53 Å². The van der Waals surface area contributed by atoms with Gasteiger partial charge in [-0.05, 0) is 81.8 Å². The lowest BCUT2D eigenvalue weighted by molar-refractivity contribution is -0.146. The number of anilines is 1. The summed E-state index contributed by atoms with van der Waals surface area (Å²) < 4.78 is 12.0. The second-order valence-electron chi connectivity index (χ2n) is 9.35. The number of ether oxygens (including phenoxy) is 2. The Balaban J connectivity index is 1.94. The van der Waals surface area contributed by atoms with Crippen molar-refractivity contribution in [1.82, 2.24) is 4.90 Å². The first-order valence-electron chi connectivity index (χ1n) is 11.7. The van der Waals surface area contributed by atoms with E-state index in [9.17, 15) is 4.79 Å². The zero-order valence-corrected chi connectivity index (χ0v) is 19.7. The number of rotatable bonds is 12. The van der Waals surface area contributed by atoms with Gasteiger partial charge in [-0.25, -0.2) is 0 Å². The summed E-state index contributed by atoms with van der Waals surface area (Å²) in [6, 6.07) is 7.68. The monoisotopic (exact) mass is 418 g/mol. The third kappa shape index (κ3) is 7.92. The van der Waals surface area contributed by atoms with Gasteiger partial charge in [0.15, 0.2) is 0 Å². The Hall–Kier alpha value is -1.59. The molecule has 5 nitrogen and oxygen atoms in total. The zero-order chi connectivity index (χ0) is 22.0. The molecular weight excluding hydrogens is 376 g/mol. The molecule has 0 bridgehead atoms. The second kappa shape index (κ2) is 12.3. The minimum atomic E-state index is -0.791. The van der Waals surface area contributed by atoms with Crippen LogP contribution in [0.5, 0.6) is 5.75 Å². The summed E-state index contributed by atoms with van der Waals surface area (Å²) in [5.41, 5.74) is -0.0132. The molecule has 2 rings (SSSR count). The molecule has 1 N–H and O–H groups in total. The molecule has 0 aromatic heterocycles. The van der Waals surface area contributed by atoms with Crippen molar-refractivity contribution in [1.29, 1.82) is 0 Å². The Labute approximate surface area is 183 Å². The summed E-state index contributed by atoms with van der Waals surface area (Å²) in [4.78, 5) is 15.7. The summed E-state index contributed by atoms with van der Waals surface area (Å²) in [5.74, 6) is 1.53. The Morgan fingerprint density at radius 3 is 2.17 bits per heavy atom. The van der Waals surface area contributed by atoms with Crippen LogP contribution in [0.4, 0.5) is 5.69 Å². The number of likely N-dealkylation sites (tertiary alicyclic amines) is 1. The molecule has 0 saturated carbocycles. The number of nitrogens with one attached hydrogen (secondary N) is 1. The van der Waals surface area contributed by atoms with Crippen molar-refractivity contribution in [3.05, 3.63) is 24.3 Å². The number of hydrogen-bond acceptors (Lipinski definition) is 4. The van der Waals surface area contributed by atoms with E-state index in [2.05, 4.69) is 37.9 Å². The van der Waals surface area contributed by atoms with E-state index >= 15 is 0 Å². The summed E-state index contributed by atoms with van der Waals surface area (Å²) >= 11 is 0. The first-order chi connectivity index (χ1) is 14.3. The topological polar surface area (TPSA) is 50.8 Å². The fourth-order valence-electron chi connectivity index (χ4n) is 4.40. The predicted molar refractivity (Wildman–Crippen MR) is 124 cm³/mol. The molecule has 0 radical (unpaired) electrons. The number of carbonyl (C=O) groups excluding carboxylic acids is 1. The molecule has 0 aliphatic carbocycles. The largest absolute Gasteiger partial charge is 0.492 e. The normalized spacial score (nSPS) is 15.6. The number of hydrogen-bond donors (Lipinski definition) is 1. The van der Waals surface area contributed by atoms with Crippen LogP contribution in [0.1, 0.15) is 66.7 Å². The van der Waals surface area contributed by atoms with Crippen molar-refractivity contribution in [2.24, 2.45) is 11.8 Å². The highest BCUT2D eigenvalue weighted by Gasteiger charge is 2.40. The molecule has 170 valence electrons. The molecule has 1 aliphatic rings. The number of nitrogens with zero attached hydrogens (tertiary/aromatic N) is 1. The average molecular weight is 419 g/mol. The Morgan fingerprint density at radius 2 is 1.63 bits per heavy atom. The first kappa shape index (κ1) is 24.7. The fourth-order valence-corrected chi connectivity index (χ4v) is 4.40. The molecule has 1 amide bonds. The van der Waals surface area contributed by atoms with Crippen molar-refractivity contribution in [2.45, 2.75) is 72.3 Å². The Morgan fingerprint density at radius 1 is 1.03 bits per heavy atom. The van der Waals surface area contributed by atoms with E-state index in [1.165, 1.54) is 32.4 Å². The highest BCUT2D eigenvalue weighted by Crippen LogP contribution is 2.31. The summed E-state index contributed by atoms with van der Waals surface area (Å²) in [5, 5.41) is 3.09. The van der Waals surface area contributed by atoms with Crippen molar-refractivity contribution >= 4 is 11.6 Å². The van der Waals surface area contributed by atoms with Gasteiger partial charge >= 0.3 is 0 Å². The maximum Gasteiger partial charge on any atom is 0.256 e. The van der Waals surface area contributed by atoms with Crippen LogP contribution >= 0.6 is 0 Å². The molecule has 30 heavy (non-hydrogen) atoms. The maximum absolute atomic E-state index is 13.3. The van der Waals surface area contributed by atoms with Gasteiger partial charge in [0.2, 0.25) is 0 Å². The number of amides is 1. The van der Waals surface area contributed by atoms with Crippen molar-refractivity contribution in [3.63, 3.8) is 0 Å². The minimum absolute atomic E-state index is 0.0504. The van der Waals surface area contributed by atoms with E-state index in [1.54, 1.807) is 0 Å². The van der Waals surface area contributed by atoms with Gasteiger partial charge in [-0.2, -0.15) is 0 Å². The van der Waals surface area contributed by atoms with Gasteiger partial charge in [-0.15, -0.1) is 0 Å². The van der Waals surface area contributed by atoms with Crippen LogP contribution in [0.3, 0.4) is 0 Å². The van der Waals surface area contributed by atoms with Crippen molar-refractivity contribution < 1.29 is 14.3 Å². The van der Waals surface area contributed by atoms with Crippen LogP contribution in [0.15, 0.2) is 24.3 Å². The lowest BCUT2D eigenvalue weighted by atomic mass is 9.83. The first-order valence-corrected chi connectivity index (χ1v) is 11.7. The smallest absolute Gasteiger partial charge is 0.256 e. The third-order valence-electron chi connectivity index (χ3n) is 5.55. The molecule has 1 saturated heterocycles. The minimum Gasteiger partial charge on any atom is -0.492 e. The quantitative estimate of drug-likeness (QED) is 0.497. The van der Waals surface area contributed by atoms with E-state index in [1.807, 2.05) is 31.2 Å². The molecular formula is C25H42N2O3. The highest BCUT2D eigenvalue weighted by atomic mass is 16.5. The number of carbonyl (C=O) groups is 1. The molecule has 1 aromatic carbocycles. The fraction of sp³-hybridized carbons (Fsp3) is 0.720. The van der Waals surface area contributed by atoms with Crippen LogP contribution in [0.25, 0.3) is 0 Å². The average Bonchev–Trinajstić information content (AvgIpc) is 2.69. The SMILES string of the molecule is CCOC(CC(C)C)(CC(C)C)C(=O)Nc1ccc(OCCN2CCCCC2)cc1. The Kier molecular flexibility index (Phi) is 10.1. The van der Waals surface area contributed by atoms with E-state index in [4.69, 9.17) is 9.47 Å². The van der Waals surface area contributed by atoms with Gasteiger partial charge < -0.3 is 14.8 Å².